The third-order valence-corrected chi connectivity index (χ3v) is 3.86. The van der Waals surface area contributed by atoms with Crippen LogP contribution in [0.3, 0.4) is 0 Å². The zero-order valence-corrected chi connectivity index (χ0v) is 14.2. The summed E-state index contributed by atoms with van der Waals surface area (Å²) in [4.78, 5) is 29.1. The summed E-state index contributed by atoms with van der Waals surface area (Å²) in [5, 5.41) is 0. The van der Waals surface area contributed by atoms with Crippen LogP contribution >= 0.6 is 0 Å². The molecule has 1 aliphatic heterocycles. The highest BCUT2D eigenvalue weighted by atomic mass is 16.6. The van der Waals surface area contributed by atoms with Gasteiger partial charge in [0.2, 0.25) is 0 Å². The van der Waals surface area contributed by atoms with Gasteiger partial charge < -0.3 is 9.30 Å². The molecule has 126 valence electrons. The summed E-state index contributed by atoms with van der Waals surface area (Å²) >= 11 is 0. The van der Waals surface area contributed by atoms with Crippen molar-refractivity contribution < 1.29 is 14.3 Å². The maximum atomic E-state index is 12.2. The second-order valence-electron chi connectivity index (χ2n) is 6.85. The molecule has 1 aliphatic rings. The molecule has 0 atom stereocenters. The van der Waals surface area contributed by atoms with Crippen molar-refractivity contribution in [3.05, 3.63) is 41.9 Å². The lowest BCUT2D eigenvalue weighted by atomic mass is 10.1. The van der Waals surface area contributed by atoms with Crippen molar-refractivity contribution in [1.82, 2.24) is 14.5 Å². The number of fused-ring (bicyclic) bond motifs is 1. The SMILES string of the molecule is CC(C)(C)OC(=O)N1CCn2c(-c3ccc(C=O)cc3)cnc2C1. The first-order chi connectivity index (χ1) is 11.4. The number of imidazole rings is 1. The van der Waals surface area contributed by atoms with Gasteiger partial charge in [-0.05, 0) is 26.3 Å². The molecule has 0 aliphatic carbocycles. The monoisotopic (exact) mass is 327 g/mol. The number of carbonyl (C=O) groups excluding carboxylic acids is 2. The third-order valence-electron chi connectivity index (χ3n) is 3.86. The van der Waals surface area contributed by atoms with Gasteiger partial charge >= 0.3 is 6.09 Å². The highest BCUT2D eigenvalue weighted by Gasteiger charge is 2.27. The van der Waals surface area contributed by atoms with Crippen molar-refractivity contribution in [2.45, 2.75) is 39.5 Å². The van der Waals surface area contributed by atoms with Crippen molar-refractivity contribution in [3.8, 4) is 11.3 Å². The van der Waals surface area contributed by atoms with Crippen molar-refractivity contribution >= 4 is 12.4 Å². The lowest BCUT2D eigenvalue weighted by Gasteiger charge is -2.31. The first kappa shape index (κ1) is 16.2. The fourth-order valence-electron chi connectivity index (χ4n) is 2.71. The number of benzene rings is 1. The molecule has 0 saturated carbocycles. The summed E-state index contributed by atoms with van der Waals surface area (Å²) in [6.07, 6.45) is 2.33. The van der Waals surface area contributed by atoms with E-state index in [1.54, 1.807) is 17.0 Å². The predicted molar refractivity (Wildman–Crippen MR) is 89.7 cm³/mol. The van der Waals surface area contributed by atoms with Crippen LogP contribution in [0.4, 0.5) is 4.79 Å². The summed E-state index contributed by atoms with van der Waals surface area (Å²) < 4.78 is 7.53. The Kier molecular flexibility index (Phi) is 4.13. The van der Waals surface area contributed by atoms with Crippen LogP contribution in [0.5, 0.6) is 0 Å². The third kappa shape index (κ3) is 3.32. The van der Waals surface area contributed by atoms with Crippen molar-refractivity contribution in [3.63, 3.8) is 0 Å². The van der Waals surface area contributed by atoms with Crippen LogP contribution in [0.25, 0.3) is 11.3 Å². The standard InChI is InChI=1S/C18H21N3O3/c1-18(2,3)24-17(23)20-8-9-21-15(10-19-16(21)11-20)14-6-4-13(12-22)5-7-14/h4-7,10,12H,8-9,11H2,1-3H3. The minimum atomic E-state index is -0.505. The summed E-state index contributed by atoms with van der Waals surface area (Å²) in [7, 11) is 0. The quantitative estimate of drug-likeness (QED) is 0.795. The van der Waals surface area contributed by atoms with E-state index in [1.165, 1.54) is 0 Å². The summed E-state index contributed by atoms with van der Waals surface area (Å²) in [5.74, 6) is 0.835. The molecule has 0 fully saturated rings. The number of hydrogen-bond acceptors (Lipinski definition) is 4. The maximum absolute atomic E-state index is 12.2. The first-order valence-electron chi connectivity index (χ1n) is 7.95. The summed E-state index contributed by atoms with van der Waals surface area (Å²) in [5.41, 5.74) is 2.14. The molecule has 2 heterocycles. The lowest BCUT2D eigenvalue weighted by molar-refractivity contribution is 0.0196. The van der Waals surface area contributed by atoms with E-state index in [0.29, 0.717) is 25.2 Å². The average molecular weight is 327 g/mol. The molecule has 1 aromatic heterocycles. The average Bonchev–Trinajstić information content (AvgIpc) is 2.96. The Morgan fingerprint density at radius 1 is 1.21 bits per heavy atom. The molecule has 6 nitrogen and oxygen atoms in total. The molecule has 1 amide bonds. The molecule has 0 N–H and O–H groups in total. The van der Waals surface area contributed by atoms with Gasteiger partial charge in [0.1, 0.15) is 17.7 Å². The molecule has 0 unspecified atom stereocenters. The maximum Gasteiger partial charge on any atom is 0.410 e. The smallest absolute Gasteiger partial charge is 0.410 e. The van der Waals surface area contributed by atoms with Crippen LogP contribution in [0.1, 0.15) is 37.0 Å². The largest absolute Gasteiger partial charge is 0.444 e. The van der Waals surface area contributed by atoms with Crippen LogP contribution in [0.15, 0.2) is 30.5 Å². The molecule has 0 saturated heterocycles. The Morgan fingerprint density at radius 2 is 1.92 bits per heavy atom. The minimum absolute atomic E-state index is 0.311. The van der Waals surface area contributed by atoms with Gasteiger partial charge in [-0.25, -0.2) is 9.78 Å². The number of aldehydes is 1. The van der Waals surface area contributed by atoms with E-state index in [-0.39, 0.29) is 6.09 Å². The number of ether oxygens (including phenoxy) is 1. The van der Waals surface area contributed by atoms with E-state index in [0.717, 1.165) is 23.4 Å². The zero-order chi connectivity index (χ0) is 17.3. The van der Waals surface area contributed by atoms with E-state index >= 15 is 0 Å². The van der Waals surface area contributed by atoms with Crippen molar-refractivity contribution in [2.24, 2.45) is 0 Å². The van der Waals surface area contributed by atoms with Crippen LogP contribution in [-0.2, 0) is 17.8 Å². The topological polar surface area (TPSA) is 64.4 Å². The number of amides is 1. The molecular formula is C18H21N3O3. The fourth-order valence-corrected chi connectivity index (χ4v) is 2.71. The molecule has 1 aromatic carbocycles. The number of carbonyl (C=O) groups is 2. The first-order valence-corrected chi connectivity index (χ1v) is 7.95. The van der Waals surface area contributed by atoms with Crippen LogP contribution in [0, 0.1) is 0 Å². The molecule has 3 rings (SSSR count). The second-order valence-corrected chi connectivity index (χ2v) is 6.85. The van der Waals surface area contributed by atoms with E-state index < -0.39 is 5.60 Å². The van der Waals surface area contributed by atoms with Crippen LogP contribution in [0.2, 0.25) is 0 Å². The summed E-state index contributed by atoms with van der Waals surface area (Å²) in [6, 6.07) is 7.40. The van der Waals surface area contributed by atoms with Gasteiger partial charge in [-0.15, -0.1) is 0 Å². The Hall–Kier alpha value is -2.63. The van der Waals surface area contributed by atoms with Crippen LogP contribution in [-0.4, -0.2) is 39.0 Å². The van der Waals surface area contributed by atoms with Crippen LogP contribution < -0.4 is 0 Å². The Balaban J connectivity index is 1.79. The van der Waals surface area contributed by atoms with Gasteiger partial charge in [0.15, 0.2) is 0 Å². The molecule has 0 spiro atoms. The Labute approximate surface area is 141 Å². The van der Waals surface area contributed by atoms with Gasteiger partial charge in [-0.3, -0.25) is 9.69 Å². The van der Waals surface area contributed by atoms with Crippen molar-refractivity contribution in [1.29, 1.82) is 0 Å². The van der Waals surface area contributed by atoms with Gasteiger partial charge in [0.05, 0.1) is 18.4 Å². The lowest BCUT2D eigenvalue weighted by Crippen LogP contribution is -2.41. The van der Waals surface area contributed by atoms with E-state index in [1.807, 2.05) is 39.1 Å². The summed E-state index contributed by atoms with van der Waals surface area (Å²) in [6.45, 7) is 7.25. The molecule has 0 bridgehead atoms. The van der Waals surface area contributed by atoms with Gasteiger partial charge in [0, 0.05) is 18.7 Å². The molecule has 0 radical (unpaired) electrons. The fraction of sp³-hybridized carbons (Fsp3) is 0.389. The molecule has 2 aromatic rings. The zero-order valence-electron chi connectivity index (χ0n) is 14.2. The van der Waals surface area contributed by atoms with Gasteiger partial charge in [-0.1, -0.05) is 24.3 Å². The number of rotatable bonds is 2. The Morgan fingerprint density at radius 3 is 2.54 bits per heavy atom. The normalized spacial score (nSPS) is 14.2. The van der Waals surface area contributed by atoms with E-state index in [4.69, 9.17) is 4.74 Å². The number of aromatic nitrogens is 2. The second kappa shape index (κ2) is 6.11. The van der Waals surface area contributed by atoms with E-state index in [9.17, 15) is 9.59 Å². The van der Waals surface area contributed by atoms with Gasteiger partial charge in [-0.2, -0.15) is 0 Å². The Bertz CT molecular complexity index is 757. The number of nitrogens with zero attached hydrogens (tertiary/aromatic N) is 3. The predicted octanol–water partition coefficient (Wildman–Crippen LogP) is 3.11. The van der Waals surface area contributed by atoms with Crippen molar-refractivity contribution in [2.75, 3.05) is 6.54 Å². The molecule has 24 heavy (non-hydrogen) atoms. The molecule has 6 heteroatoms. The van der Waals surface area contributed by atoms with E-state index in [2.05, 4.69) is 9.55 Å². The van der Waals surface area contributed by atoms with Gasteiger partial charge in [0.25, 0.3) is 0 Å². The minimum Gasteiger partial charge on any atom is -0.444 e. The molecular weight excluding hydrogens is 306 g/mol. The highest BCUT2D eigenvalue weighted by molar-refractivity contribution is 5.76. The number of hydrogen-bond donors (Lipinski definition) is 0. The highest BCUT2D eigenvalue weighted by Crippen LogP contribution is 2.25.